The third-order valence-corrected chi connectivity index (χ3v) is 21.7. The highest BCUT2D eigenvalue weighted by Crippen LogP contribution is 2.72. The van der Waals surface area contributed by atoms with Gasteiger partial charge in [0.25, 0.3) is 0 Å². The molecule has 0 aromatic rings. The Hall–Kier alpha value is -2.68. The Kier molecular flexibility index (Phi) is 11.9. The Morgan fingerprint density at radius 3 is 1.34 bits per heavy atom. The summed E-state index contributed by atoms with van der Waals surface area (Å²) in [4.78, 5) is 51.1. The van der Waals surface area contributed by atoms with E-state index in [1.54, 1.807) is 24.3 Å². The summed E-state index contributed by atoms with van der Waals surface area (Å²) in [6, 6.07) is 0. The van der Waals surface area contributed by atoms with Gasteiger partial charge in [0, 0.05) is 45.3 Å². The number of allylic oxidation sites excluding steroid dienone is 8. The molecule has 2 heterocycles. The normalized spacial score (nSPS) is 50.2. The first-order chi connectivity index (χ1) is 32.5. The van der Waals surface area contributed by atoms with E-state index in [1.807, 2.05) is 12.2 Å². The molecular formula is C56H76O12. The summed E-state index contributed by atoms with van der Waals surface area (Å²) in [5, 5.41) is 43.5. The van der Waals surface area contributed by atoms with Crippen LogP contribution in [0.15, 0.2) is 47.6 Å². The van der Waals surface area contributed by atoms with Gasteiger partial charge < -0.3 is 39.4 Å². The number of hydrogen-bond donors (Lipinski definition) is 4. The third-order valence-electron chi connectivity index (χ3n) is 21.7. The lowest BCUT2D eigenvalue weighted by atomic mass is 9.46. The molecule has 68 heavy (non-hydrogen) atoms. The minimum absolute atomic E-state index is 0.0100. The number of carbonyl (C=O) groups is 4. The SMILES string of the molecule is C[C@]12C=CC(=O)C=C1CC[C@@H]1[C@@H]2[C@@H](O)C[C@@]2(C)[C@H]1C[C@H]1OC(C3CCCCC3)O[C@]12C(=O)CO.C[C@]12C=CC(=O)C=C1CC[C@@H]1[C@@H]2[C@@H](O)C[C@@]2(C)[C@H]1C[C@H]1O[C@H](C3CCCCC3)O[C@]12C(=O)CO. The van der Waals surface area contributed by atoms with Crippen molar-refractivity contribution >= 4 is 23.1 Å². The minimum atomic E-state index is -1.20. The zero-order valence-corrected chi connectivity index (χ0v) is 40.7. The molecule has 1 unspecified atom stereocenters. The Bertz CT molecular complexity index is 2050. The van der Waals surface area contributed by atoms with Crippen LogP contribution < -0.4 is 0 Å². The molecule has 0 radical (unpaired) electrons. The van der Waals surface area contributed by atoms with Gasteiger partial charge in [-0.15, -0.1) is 0 Å². The van der Waals surface area contributed by atoms with Crippen molar-refractivity contribution in [2.75, 3.05) is 13.2 Å². The van der Waals surface area contributed by atoms with E-state index in [0.717, 1.165) is 101 Å². The number of ether oxygens (including phenoxy) is 4. The predicted molar refractivity (Wildman–Crippen MR) is 249 cm³/mol. The van der Waals surface area contributed by atoms with Crippen molar-refractivity contribution in [3.05, 3.63) is 47.6 Å². The molecule has 12 heteroatoms. The summed E-state index contributed by atoms with van der Waals surface area (Å²) < 4.78 is 26.5. The molecule has 8 saturated carbocycles. The van der Waals surface area contributed by atoms with Gasteiger partial charge in [-0.05, 0) is 125 Å². The van der Waals surface area contributed by atoms with Crippen LogP contribution in [-0.4, -0.2) is 105 Å². The van der Waals surface area contributed by atoms with Gasteiger partial charge in [0.05, 0.1) is 24.4 Å². The second-order valence-corrected chi connectivity index (χ2v) is 24.5. The quantitative estimate of drug-likeness (QED) is 0.214. The fraction of sp³-hybridized carbons (Fsp3) is 0.786. The summed E-state index contributed by atoms with van der Waals surface area (Å²) in [7, 11) is 0. The fourth-order valence-corrected chi connectivity index (χ4v) is 18.7. The summed E-state index contributed by atoms with van der Waals surface area (Å²) >= 11 is 0. The van der Waals surface area contributed by atoms with Crippen molar-refractivity contribution in [2.24, 2.45) is 69.0 Å². The van der Waals surface area contributed by atoms with E-state index in [4.69, 9.17) is 18.9 Å². The monoisotopic (exact) mass is 941 g/mol. The molecule has 12 aliphatic rings. The molecule has 4 N–H and O–H groups in total. The second-order valence-electron chi connectivity index (χ2n) is 24.5. The molecule has 10 aliphatic carbocycles. The van der Waals surface area contributed by atoms with Crippen LogP contribution in [0.2, 0.25) is 0 Å². The molecule has 18 atom stereocenters. The van der Waals surface area contributed by atoms with Gasteiger partial charge in [0.2, 0.25) is 0 Å². The van der Waals surface area contributed by atoms with Gasteiger partial charge in [-0.3, -0.25) is 19.2 Å². The second kappa shape index (κ2) is 17.0. The van der Waals surface area contributed by atoms with Crippen molar-refractivity contribution < 1.29 is 58.6 Å². The van der Waals surface area contributed by atoms with Gasteiger partial charge in [0.1, 0.15) is 13.2 Å². The zero-order valence-electron chi connectivity index (χ0n) is 40.7. The molecule has 0 spiro atoms. The topological polar surface area (TPSA) is 186 Å². The molecule has 2 aliphatic heterocycles. The summed E-state index contributed by atoms with van der Waals surface area (Å²) in [5.41, 5.74) is -2.07. The molecule has 12 rings (SSSR count). The Balaban J connectivity index is 0.000000149. The lowest BCUT2D eigenvalue weighted by molar-refractivity contribution is -0.209. The first-order valence-electron chi connectivity index (χ1n) is 26.7. The molecule has 0 amide bonds. The molecule has 10 fully saturated rings. The summed E-state index contributed by atoms with van der Waals surface area (Å²) in [6.07, 6.45) is 25.0. The molecule has 0 aromatic carbocycles. The van der Waals surface area contributed by atoms with Crippen LogP contribution in [0.5, 0.6) is 0 Å². The highest BCUT2D eigenvalue weighted by Gasteiger charge is 2.78. The van der Waals surface area contributed by atoms with E-state index in [1.165, 1.54) is 12.8 Å². The Morgan fingerprint density at radius 2 is 0.971 bits per heavy atom. The van der Waals surface area contributed by atoms with Crippen LogP contribution >= 0.6 is 0 Å². The highest BCUT2D eigenvalue weighted by molar-refractivity contribution is 6.01. The van der Waals surface area contributed by atoms with Gasteiger partial charge in [-0.2, -0.15) is 0 Å². The number of aliphatic hydroxyl groups is 4. The highest BCUT2D eigenvalue weighted by atomic mass is 16.8. The van der Waals surface area contributed by atoms with Crippen molar-refractivity contribution in [3.63, 3.8) is 0 Å². The number of fused-ring (bicyclic) bond motifs is 14. The first-order valence-corrected chi connectivity index (χ1v) is 26.7. The standard InChI is InChI=1S/2C28H38O6/c2*1-26-11-10-18(30)12-17(26)8-9-19-20-13-23-28(22(32)15-29,27(20,2)14-21(31)24(19)26)34-25(33-23)16-6-4-3-5-7-16/h2*10-12,16,19-21,23-25,29,31H,3-9,13-15H2,1-2H3/t19-,20-,21-,23+,24+,25?,26-,27-,28+;19-,20-,21-,23+,24+,25-,26-,27-,28+/m00/s1. The molecule has 372 valence electrons. The van der Waals surface area contributed by atoms with E-state index in [2.05, 4.69) is 27.7 Å². The van der Waals surface area contributed by atoms with Gasteiger partial charge >= 0.3 is 0 Å². The summed E-state index contributed by atoms with van der Waals surface area (Å²) in [5.74, 6) is 0.721. The van der Waals surface area contributed by atoms with Crippen LogP contribution in [0.1, 0.15) is 143 Å². The minimum Gasteiger partial charge on any atom is -0.393 e. The van der Waals surface area contributed by atoms with Crippen molar-refractivity contribution in [1.29, 1.82) is 0 Å². The number of Topliss-reactive ketones (excluding diaryl/α,β-unsaturated/α-hetero) is 2. The number of hydrogen-bond acceptors (Lipinski definition) is 12. The van der Waals surface area contributed by atoms with Crippen LogP contribution in [0.3, 0.4) is 0 Å². The Morgan fingerprint density at radius 1 is 0.588 bits per heavy atom. The molecular weight excluding hydrogens is 865 g/mol. The molecule has 12 nitrogen and oxygen atoms in total. The van der Waals surface area contributed by atoms with E-state index < -0.39 is 60.0 Å². The van der Waals surface area contributed by atoms with E-state index in [0.29, 0.717) is 12.8 Å². The average Bonchev–Trinajstić information content (AvgIpc) is 4.05. The van der Waals surface area contributed by atoms with Gasteiger partial charge in [0.15, 0.2) is 46.9 Å². The lowest BCUT2D eigenvalue weighted by Crippen LogP contribution is -2.63. The van der Waals surface area contributed by atoms with Gasteiger partial charge in [-0.1, -0.05) is 89.5 Å². The maximum absolute atomic E-state index is 13.5. The van der Waals surface area contributed by atoms with E-state index in [9.17, 15) is 39.6 Å². The molecule has 0 bridgehead atoms. The number of ketones is 4. The average molecular weight is 941 g/mol. The molecule has 2 saturated heterocycles. The maximum Gasteiger partial charge on any atom is 0.193 e. The first kappa shape index (κ1) is 47.6. The smallest absolute Gasteiger partial charge is 0.193 e. The van der Waals surface area contributed by atoms with Crippen molar-refractivity contribution in [2.45, 2.75) is 191 Å². The van der Waals surface area contributed by atoms with E-state index >= 15 is 0 Å². The third kappa shape index (κ3) is 6.58. The van der Waals surface area contributed by atoms with Crippen LogP contribution in [-0.2, 0) is 38.1 Å². The number of aliphatic hydroxyl groups excluding tert-OH is 4. The van der Waals surface area contributed by atoms with Crippen LogP contribution in [0, 0.1) is 69.0 Å². The van der Waals surface area contributed by atoms with Crippen LogP contribution in [0.4, 0.5) is 0 Å². The fourth-order valence-electron chi connectivity index (χ4n) is 18.7. The number of carbonyl (C=O) groups excluding carboxylic acids is 4. The Labute approximate surface area is 401 Å². The predicted octanol–water partition coefficient (Wildman–Crippen LogP) is 6.99. The lowest BCUT2D eigenvalue weighted by Gasteiger charge is -2.59. The van der Waals surface area contributed by atoms with Gasteiger partial charge in [-0.25, -0.2) is 0 Å². The van der Waals surface area contributed by atoms with Crippen molar-refractivity contribution in [1.82, 2.24) is 0 Å². The van der Waals surface area contributed by atoms with Crippen molar-refractivity contribution in [3.8, 4) is 0 Å². The van der Waals surface area contributed by atoms with E-state index in [-0.39, 0.29) is 93.5 Å². The maximum atomic E-state index is 13.5. The van der Waals surface area contributed by atoms with Crippen LogP contribution in [0.25, 0.3) is 0 Å². The number of rotatable bonds is 6. The zero-order chi connectivity index (χ0) is 47.8. The largest absolute Gasteiger partial charge is 0.393 e. The molecule has 0 aromatic heterocycles. The summed E-state index contributed by atoms with van der Waals surface area (Å²) in [6.45, 7) is 7.37.